The van der Waals surface area contributed by atoms with Crippen molar-refractivity contribution in [2.24, 2.45) is 0 Å². The molecule has 7 heteroatoms. The summed E-state index contributed by atoms with van der Waals surface area (Å²) in [7, 11) is 0. The van der Waals surface area contributed by atoms with Gasteiger partial charge in [-0.15, -0.1) is 0 Å². The molecule has 0 saturated carbocycles. The number of hydrogen-bond acceptors (Lipinski definition) is 4. The summed E-state index contributed by atoms with van der Waals surface area (Å²) in [5, 5.41) is 9.52. The van der Waals surface area contributed by atoms with Gasteiger partial charge in [-0.3, -0.25) is 0 Å². The number of fused-ring (bicyclic) bond motifs is 1. The second-order valence-electron chi connectivity index (χ2n) is 4.25. The van der Waals surface area contributed by atoms with Crippen LogP contribution in [0, 0.1) is 0 Å². The van der Waals surface area contributed by atoms with Crippen LogP contribution in [0.3, 0.4) is 0 Å². The Morgan fingerprint density at radius 1 is 1.42 bits per heavy atom. The standard InChI is InChI=1S/C12H10FN3O2.Li.H/c13-9-5-16(6-9)10-2-1-7-3-8(12(17)18)4-14-11(7)15-10;;/h1-4,9H,5-6H2,(H,17,18);;. The molecule has 1 N–H and O–H groups in total. The summed E-state index contributed by atoms with van der Waals surface area (Å²) in [6.07, 6.45) is 0.486. The van der Waals surface area contributed by atoms with E-state index in [1.165, 1.54) is 12.3 Å². The average Bonchev–Trinajstić information content (AvgIpc) is 2.33. The molecule has 0 unspecified atom stereocenters. The summed E-state index contributed by atoms with van der Waals surface area (Å²) in [6.45, 7) is 0.706. The van der Waals surface area contributed by atoms with E-state index in [-0.39, 0.29) is 24.4 Å². The molecule has 3 rings (SSSR count). The number of pyridine rings is 2. The number of anilines is 1. The third-order valence-corrected chi connectivity index (χ3v) is 2.94. The Bertz CT molecular complexity index is 631. The summed E-state index contributed by atoms with van der Waals surface area (Å²) >= 11 is 0. The Balaban J connectivity index is 0.00000133. The van der Waals surface area contributed by atoms with Crippen LogP contribution in [0.15, 0.2) is 24.4 Å². The molecule has 1 saturated heterocycles. The average molecular weight is 255 g/mol. The van der Waals surface area contributed by atoms with E-state index in [1.54, 1.807) is 12.1 Å². The molecule has 0 aliphatic carbocycles. The van der Waals surface area contributed by atoms with Crippen LogP contribution >= 0.6 is 0 Å². The molecule has 5 nitrogen and oxygen atoms in total. The van der Waals surface area contributed by atoms with Crippen molar-refractivity contribution in [3.05, 3.63) is 30.0 Å². The van der Waals surface area contributed by atoms with Gasteiger partial charge in [0.25, 0.3) is 0 Å². The van der Waals surface area contributed by atoms with Crippen LogP contribution in [0.25, 0.3) is 11.0 Å². The van der Waals surface area contributed by atoms with Crippen LogP contribution in [0.5, 0.6) is 0 Å². The van der Waals surface area contributed by atoms with Gasteiger partial charge in [0.05, 0.1) is 18.7 Å². The fraction of sp³-hybridized carbons (Fsp3) is 0.250. The molecule has 2 aromatic heterocycles. The van der Waals surface area contributed by atoms with Crippen LogP contribution in [0.4, 0.5) is 10.2 Å². The van der Waals surface area contributed by atoms with Gasteiger partial charge in [0.15, 0.2) is 5.65 Å². The first-order valence-corrected chi connectivity index (χ1v) is 5.52. The quantitative estimate of drug-likeness (QED) is 0.805. The minimum absolute atomic E-state index is 0. The SMILES string of the molecule is O=C(O)c1cnc2nc(N3CC(F)C3)ccc2c1.[LiH]. The van der Waals surface area contributed by atoms with Crippen molar-refractivity contribution < 1.29 is 14.3 Å². The number of carboxylic acid groups (broad SMARTS) is 1. The number of rotatable bonds is 2. The third kappa shape index (κ3) is 2.55. The molecule has 1 aliphatic rings. The van der Waals surface area contributed by atoms with Crippen molar-refractivity contribution in [1.29, 1.82) is 0 Å². The van der Waals surface area contributed by atoms with Crippen LogP contribution < -0.4 is 4.90 Å². The molecule has 0 atom stereocenters. The fourth-order valence-corrected chi connectivity index (χ4v) is 1.91. The van der Waals surface area contributed by atoms with E-state index in [0.29, 0.717) is 29.9 Å². The molecule has 3 heterocycles. The van der Waals surface area contributed by atoms with Gasteiger partial charge in [-0.2, -0.15) is 0 Å². The fourth-order valence-electron chi connectivity index (χ4n) is 1.91. The van der Waals surface area contributed by atoms with Crippen molar-refractivity contribution >= 4 is 41.7 Å². The Hall–Kier alpha value is -1.64. The number of nitrogens with zero attached hydrogens (tertiary/aromatic N) is 3. The normalized spacial score (nSPS) is 14.9. The van der Waals surface area contributed by atoms with E-state index in [0.717, 1.165) is 0 Å². The molecule has 0 amide bonds. The number of hydrogen-bond donors (Lipinski definition) is 1. The topological polar surface area (TPSA) is 66.3 Å². The first kappa shape index (κ1) is 13.8. The zero-order valence-corrected chi connectivity index (χ0v) is 9.38. The molecule has 0 spiro atoms. The first-order chi connectivity index (χ1) is 8.63. The van der Waals surface area contributed by atoms with Gasteiger partial charge >= 0.3 is 24.8 Å². The molecular formula is C12H11FLiN3O2. The molecular weight excluding hydrogens is 244 g/mol. The minimum atomic E-state index is -1.02. The molecule has 0 aromatic carbocycles. The van der Waals surface area contributed by atoms with Gasteiger partial charge in [0.2, 0.25) is 0 Å². The predicted octanol–water partition coefficient (Wildman–Crippen LogP) is 0.838. The van der Waals surface area contributed by atoms with Crippen LogP contribution in [-0.4, -0.2) is 59.2 Å². The maximum absolute atomic E-state index is 12.8. The van der Waals surface area contributed by atoms with Crippen molar-refractivity contribution in [1.82, 2.24) is 9.97 Å². The second kappa shape index (κ2) is 5.15. The first-order valence-electron chi connectivity index (χ1n) is 5.52. The van der Waals surface area contributed by atoms with Gasteiger partial charge in [0.1, 0.15) is 12.0 Å². The summed E-state index contributed by atoms with van der Waals surface area (Å²) in [5.74, 6) is -0.344. The van der Waals surface area contributed by atoms with Gasteiger partial charge in [-0.05, 0) is 18.2 Å². The Kier molecular flexibility index (Phi) is 3.74. The van der Waals surface area contributed by atoms with Crippen molar-refractivity contribution in [3.63, 3.8) is 0 Å². The van der Waals surface area contributed by atoms with Crippen LogP contribution in [0.2, 0.25) is 0 Å². The van der Waals surface area contributed by atoms with E-state index >= 15 is 0 Å². The molecule has 94 valence electrons. The van der Waals surface area contributed by atoms with Gasteiger partial charge in [-0.1, -0.05) is 0 Å². The van der Waals surface area contributed by atoms with E-state index in [2.05, 4.69) is 9.97 Å². The summed E-state index contributed by atoms with van der Waals surface area (Å²) in [6, 6.07) is 5.03. The third-order valence-electron chi connectivity index (χ3n) is 2.94. The summed E-state index contributed by atoms with van der Waals surface area (Å²) in [5.41, 5.74) is 0.602. The van der Waals surface area contributed by atoms with Crippen LogP contribution in [-0.2, 0) is 0 Å². The van der Waals surface area contributed by atoms with Gasteiger partial charge < -0.3 is 10.0 Å². The monoisotopic (exact) mass is 255 g/mol. The number of aromatic carboxylic acids is 1. The number of halogens is 1. The number of aromatic nitrogens is 2. The van der Waals surface area contributed by atoms with E-state index in [4.69, 9.17) is 5.11 Å². The zero-order valence-electron chi connectivity index (χ0n) is 9.38. The van der Waals surface area contributed by atoms with Gasteiger partial charge in [0, 0.05) is 11.6 Å². The molecule has 2 aromatic rings. The van der Waals surface area contributed by atoms with Crippen molar-refractivity contribution in [2.45, 2.75) is 6.17 Å². The molecule has 1 aliphatic heterocycles. The Morgan fingerprint density at radius 3 is 2.79 bits per heavy atom. The van der Waals surface area contributed by atoms with E-state index in [9.17, 15) is 9.18 Å². The summed E-state index contributed by atoms with van der Waals surface area (Å²) < 4.78 is 12.8. The molecule has 0 bridgehead atoms. The maximum atomic E-state index is 12.8. The predicted molar refractivity (Wildman–Crippen MR) is 70.8 cm³/mol. The number of alkyl halides is 1. The van der Waals surface area contributed by atoms with Crippen LogP contribution in [0.1, 0.15) is 10.4 Å². The van der Waals surface area contributed by atoms with Gasteiger partial charge in [-0.25, -0.2) is 19.2 Å². The van der Waals surface area contributed by atoms with E-state index in [1.807, 2.05) is 4.90 Å². The van der Waals surface area contributed by atoms with E-state index < -0.39 is 12.1 Å². The molecule has 0 radical (unpaired) electrons. The molecule has 19 heavy (non-hydrogen) atoms. The van der Waals surface area contributed by atoms with Crippen molar-refractivity contribution in [2.75, 3.05) is 18.0 Å². The number of carboxylic acids is 1. The Morgan fingerprint density at radius 2 is 2.16 bits per heavy atom. The number of carbonyl (C=O) groups is 1. The molecule has 1 fully saturated rings. The zero-order chi connectivity index (χ0) is 12.7. The Labute approximate surface area is 120 Å². The summed E-state index contributed by atoms with van der Waals surface area (Å²) in [4.78, 5) is 20.9. The van der Waals surface area contributed by atoms with Crippen molar-refractivity contribution in [3.8, 4) is 0 Å². The second-order valence-corrected chi connectivity index (χ2v) is 4.25.